The molecule has 0 amide bonds. The SMILES string of the molecule is CC1CC(O)(c2cccc3cccnc23)C1. The standard InChI is InChI=1S/C14H15NO/c1-10-8-14(16,9-10)12-6-2-4-11-5-3-7-15-13(11)12/h2-7,10,16H,8-9H2,1H3. The minimum atomic E-state index is -0.646. The number of rotatable bonds is 1. The molecule has 2 nitrogen and oxygen atoms in total. The van der Waals surface area contributed by atoms with Gasteiger partial charge in [0.15, 0.2) is 0 Å². The molecule has 3 rings (SSSR count). The molecular formula is C14H15NO. The summed E-state index contributed by atoms with van der Waals surface area (Å²) in [6, 6.07) is 10.0. The van der Waals surface area contributed by atoms with E-state index in [9.17, 15) is 5.11 Å². The number of aliphatic hydroxyl groups is 1. The molecular weight excluding hydrogens is 198 g/mol. The molecule has 0 bridgehead atoms. The third-order valence-corrected chi connectivity index (χ3v) is 3.51. The van der Waals surface area contributed by atoms with E-state index in [0.29, 0.717) is 5.92 Å². The average molecular weight is 213 g/mol. The van der Waals surface area contributed by atoms with Crippen molar-refractivity contribution in [2.24, 2.45) is 5.92 Å². The third kappa shape index (κ3) is 1.34. The Hall–Kier alpha value is -1.41. The Morgan fingerprint density at radius 1 is 1.25 bits per heavy atom. The van der Waals surface area contributed by atoms with Gasteiger partial charge in [0.05, 0.1) is 11.1 Å². The molecule has 1 aliphatic rings. The Morgan fingerprint density at radius 2 is 2.00 bits per heavy atom. The van der Waals surface area contributed by atoms with Crippen LogP contribution in [0.5, 0.6) is 0 Å². The third-order valence-electron chi connectivity index (χ3n) is 3.51. The minimum Gasteiger partial charge on any atom is -0.385 e. The maximum atomic E-state index is 10.5. The maximum absolute atomic E-state index is 10.5. The summed E-state index contributed by atoms with van der Waals surface area (Å²) in [5.41, 5.74) is 1.29. The van der Waals surface area contributed by atoms with Crippen molar-refractivity contribution in [3.63, 3.8) is 0 Å². The van der Waals surface area contributed by atoms with Gasteiger partial charge in [0.2, 0.25) is 0 Å². The molecule has 1 heterocycles. The number of hydrogen-bond acceptors (Lipinski definition) is 2. The summed E-state index contributed by atoms with van der Waals surface area (Å²) in [5, 5.41) is 11.6. The van der Waals surface area contributed by atoms with E-state index in [1.165, 1.54) is 0 Å². The summed E-state index contributed by atoms with van der Waals surface area (Å²) in [5.74, 6) is 0.615. The van der Waals surface area contributed by atoms with Gasteiger partial charge in [0.1, 0.15) is 0 Å². The summed E-state index contributed by atoms with van der Waals surface area (Å²) in [6.45, 7) is 2.17. The molecule has 0 unspecified atom stereocenters. The molecule has 1 saturated carbocycles. The summed E-state index contributed by atoms with van der Waals surface area (Å²) < 4.78 is 0. The van der Waals surface area contributed by atoms with Gasteiger partial charge in [0, 0.05) is 17.1 Å². The number of benzene rings is 1. The molecule has 1 aliphatic carbocycles. The van der Waals surface area contributed by atoms with E-state index in [1.54, 1.807) is 6.20 Å². The smallest absolute Gasteiger partial charge is 0.0922 e. The molecule has 16 heavy (non-hydrogen) atoms. The van der Waals surface area contributed by atoms with Crippen molar-refractivity contribution in [1.82, 2.24) is 4.98 Å². The molecule has 0 spiro atoms. The van der Waals surface area contributed by atoms with Crippen LogP contribution in [0.3, 0.4) is 0 Å². The number of nitrogens with zero attached hydrogens (tertiary/aromatic N) is 1. The highest BCUT2D eigenvalue weighted by atomic mass is 16.3. The van der Waals surface area contributed by atoms with E-state index in [-0.39, 0.29) is 0 Å². The van der Waals surface area contributed by atoms with Crippen molar-refractivity contribution in [3.8, 4) is 0 Å². The number of hydrogen-bond donors (Lipinski definition) is 1. The average Bonchev–Trinajstić information content (AvgIpc) is 2.26. The topological polar surface area (TPSA) is 33.1 Å². The van der Waals surface area contributed by atoms with Crippen molar-refractivity contribution >= 4 is 10.9 Å². The molecule has 0 atom stereocenters. The second-order valence-corrected chi connectivity index (χ2v) is 4.93. The van der Waals surface area contributed by atoms with Crippen molar-refractivity contribution in [2.75, 3.05) is 0 Å². The van der Waals surface area contributed by atoms with Gasteiger partial charge in [-0.1, -0.05) is 31.2 Å². The lowest BCUT2D eigenvalue weighted by molar-refractivity contribution is -0.0727. The van der Waals surface area contributed by atoms with Gasteiger partial charge in [-0.3, -0.25) is 4.98 Å². The van der Waals surface area contributed by atoms with E-state index in [0.717, 1.165) is 29.3 Å². The van der Waals surface area contributed by atoms with Gasteiger partial charge in [-0.15, -0.1) is 0 Å². The van der Waals surface area contributed by atoms with Crippen LogP contribution in [-0.4, -0.2) is 10.1 Å². The second kappa shape index (κ2) is 3.29. The number of pyridine rings is 1. The first kappa shape index (κ1) is 9.79. The monoisotopic (exact) mass is 213 g/mol. The molecule has 1 N–H and O–H groups in total. The molecule has 2 aromatic rings. The zero-order valence-corrected chi connectivity index (χ0v) is 9.35. The predicted octanol–water partition coefficient (Wildman–Crippen LogP) is 2.85. The fraction of sp³-hybridized carbons (Fsp3) is 0.357. The van der Waals surface area contributed by atoms with Crippen LogP contribution in [0.25, 0.3) is 10.9 Å². The Morgan fingerprint density at radius 3 is 2.75 bits per heavy atom. The van der Waals surface area contributed by atoms with E-state index in [1.807, 2.05) is 30.3 Å². The van der Waals surface area contributed by atoms with Crippen LogP contribution in [0.1, 0.15) is 25.3 Å². The molecule has 82 valence electrons. The van der Waals surface area contributed by atoms with Crippen LogP contribution < -0.4 is 0 Å². The minimum absolute atomic E-state index is 0.615. The van der Waals surface area contributed by atoms with Crippen LogP contribution in [0.15, 0.2) is 36.5 Å². The number of aromatic nitrogens is 1. The summed E-state index contributed by atoms with van der Waals surface area (Å²) in [7, 11) is 0. The molecule has 2 heteroatoms. The Bertz CT molecular complexity index is 524. The molecule has 0 aliphatic heterocycles. The highest BCUT2D eigenvalue weighted by molar-refractivity contribution is 5.82. The van der Waals surface area contributed by atoms with E-state index in [2.05, 4.69) is 11.9 Å². The van der Waals surface area contributed by atoms with Crippen LogP contribution in [0, 0.1) is 5.92 Å². The maximum Gasteiger partial charge on any atom is 0.0922 e. The largest absolute Gasteiger partial charge is 0.385 e. The molecule has 1 aromatic heterocycles. The van der Waals surface area contributed by atoms with Crippen LogP contribution in [-0.2, 0) is 5.60 Å². The van der Waals surface area contributed by atoms with Crippen molar-refractivity contribution in [3.05, 3.63) is 42.1 Å². The van der Waals surface area contributed by atoms with E-state index < -0.39 is 5.60 Å². The normalized spacial score (nSPS) is 29.0. The quantitative estimate of drug-likeness (QED) is 0.790. The Kier molecular flexibility index (Phi) is 2.01. The van der Waals surface area contributed by atoms with Gasteiger partial charge in [-0.25, -0.2) is 0 Å². The molecule has 1 fully saturated rings. The van der Waals surface area contributed by atoms with Crippen LogP contribution >= 0.6 is 0 Å². The Labute approximate surface area is 94.9 Å². The number of fused-ring (bicyclic) bond motifs is 1. The van der Waals surface area contributed by atoms with Crippen LogP contribution in [0.4, 0.5) is 0 Å². The highest BCUT2D eigenvalue weighted by Crippen LogP contribution is 2.46. The van der Waals surface area contributed by atoms with Crippen LogP contribution in [0.2, 0.25) is 0 Å². The number of para-hydroxylation sites is 1. The zero-order chi connectivity index (χ0) is 11.2. The van der Waals surface area contributed by atoms with E-state index in [4.69, 9.17) is 0 Å². The summed E-state index contributed by atoms with van der Waals surface area (Å²) in [4.78, 5) is 4.39. The molecule has 0 radical (unpaired) electrons. The fourth-order valence-corrected chi connectivity index (χ4v) is 2.79. The van der Waals surface area contributed by atoms with Crippen molar-refractivity contribution in [1.29, 1.82) is 0 Å². The Balaban J connectivity index is 2.17. The van der Waals surface area contributed by atoms with Gasteiger partial charge in [0.25, 0.3) is 0 Å². The van der Waals surface area contributed by atoms with Gasteiger partial charge in [-0.2, -0.15) is 0 Å². The lowest BCUT2D eigenvalue weighted by atomic mass is 9.68. The lowest BCUT2D eigenvalue weighted by Crippen LogP contribution is -2.40. The van der Waals surface area contributed by atoms with Gasteiger partial charge < -0.3 is 5.11 Å². The second-order valence-electron chi connectivity index (χ2n) is 4.93. The highest BCUT2D eigenvalue weighted by Gasteiger charge is 2.42. The summed E-state index contributed by atoms with van der Waals surface area (Å²) in [6.07, 6.45) is 3.49. The van der Waals surface area contributed by atoms with E-state index >= 15 is 0 Å². The summed E-state index contributed by atoms with van der Waals surface area (Å²) >= 11 is 0. The predicted molar refractivity (Wildman–Crippen MR) is 64.0 cm³/mol. The first-order chi connectivity index (χ1) is 7.69. The first-order valence-corrected chi connectivity index (χ1v) is 5.76. The van der Waals surface area contributed by atoms with Gasteiger partial charge in [-0.05, 0) is 24.8 Å². The zero-order valence-electron chi connectivity index (χ0n) is 9.35. The van der Waals surface area contributed by atoms with Crippen molar-refractivity contribution in [2.45, 2.75) is 25.4 Å². The van der Waals surface area contributed by atoms with Crippen molar-refractivity contribution < 1.29 is 5.11 Å². The molecule has 1 aromatic carbocycles. The van der Waals surface area contributed by atoms with Gasteiger partial charge >= 0.3 is 0 Å². The fourth-order valence-electron chi connectivity index (χ4n) is 2.79. The molecule has 0 saturated heterocycles. The first-order valence-electron chi connectivity index (χ1n) is 5.76. The lowest BCUT2D eigenvalue weighted by Gasteiger charge is -2.42.